The van der Waals surface area contributed by atoms with E-state index in [0.29, 0.717) is 34.8 Å². The third kappa shape index (κ3) is 4.81. The molecule has 4 rings (SSSR count). The zero-order valence-electron chi connectivity index (χ0n) is 17.6. The van der Waals surface area contributed by atoms with E-state index < -0.39 is 0 Å². The molecule has 0 bridgehead atoms. The largest absolute Gasteiger partial charge is 0.489 e. The Bertz CT molecular complexity index is 1100. The van der Waals surface area contributed by atoms with Crippen molar-refractivity contribution in [3.63, 3.8) is 0 Å². The molecule has 0 spiro atoms. The van der Waals surface area contributed by atoms with Crippen LogP contribution in [0.5, 0.6) is 5.75 Å². The fourth-order valence-electron chi connectivity index (χ4n) is 3.47. The number of carbonyl (C=O) groups excluding carboxylic acids is 1. The van der Waals surface area contributed by atoms with Crippen LogP contribution in [0, 0.1) is 19.8 Å². The van der Waals surface area contributed by atoms with E-state index in [1.165, 1.54) is 11.3 Å². The first-order valence-electron chi connectivity index (χ1n) is 10.2. The quantitative estimate of drug-likeness (QED) is 0.387. The molecule has 0 N–H and O–H groups in total. The van der Waals surface area contributed by atoms with Crippen molar-refractivity contribution in [2.75, 3.05) is 18.1 Å². The number of rotatable bonds is 8. The van der Waals surface area contributed by atoms with Crippen LogP contribution in [0.2, 0.25) is 5.02 Å². The molecule has 0 aliphatic heterocycles. The van der Waals surface area contributed by atoms with Gasteiger partial charge in [0.15, 0.2) is 0 Å². The van der Waals surface area contributed by atoms with E-state index in [2.05, 4.69) is 16.8 Å². The normalized spacial score (nSPS) is 13.1. The number of aryl methyl sites for hydroxylation is 2. The summed E-state index contributed by atoms with van der Waals surface area (Å²) in [6.45, 7) is 8.82. The maximum Gasteiger partial charge on any atom is 0.261 e. The van der Waals surface area contributed by atoms with Crippen LogP contribution in [0.25, 0.3) is 10.6 Å². The van der Waals surface area contributed by atoms with Crippen LogP contribution in [0.1, 0.15) is 34.3 Å². The van der Waals surface area contributed by atoms with E-state index in [9.17, 15) is 4.79 Å². The molecule has 0 saturated heterocycles. The van der Waals surface area contributed by atoms with Crippen LogP contribution in [-0.4, -0.2) is 29.3 Å². The van der Waals surface area contributed by atoms with Gasteiger partial charge in [-0.2, -0.15) is 0 Å². The highest BCUT2D eigenvalue weighted by Gasteiger charge is 2.31. The number of anilines is 1. The molecule has 160 valence electrons. The Labute approximate surface area is 191 Å². The number of hydrogen-bond acceptors (Lipinski definition) is 5. The van der Waals surface area contributed by atoms with Crippen molar-refractivity contribution in [3.05, 3.63) is 70.8 Å². The Kier molecular flexibility index (Phi) is 6.39. The summed E-state index contributed by atoms with van der Waals surface area (Å²) in [4.78, 5) is 15.0. The van der Waals surface area contributed by atoms with Crippen LogP contribution in [0.4, 0.5) is 5.13 Å². The Hall–Kier alpha value is -2.70. The van der Waals surface area contributed by atoms with Crippen molar-refractivity contribution in [2.45, 2.75) is 26.7 Å². The van der Waals surface area contributed by atoms with Gasteiger partial charge in [-0.1, -0.05) is 47.7 Å². The SMILES string of the molecule is C=CCOc1c(C)cc(-c2nnc(N(CC3CC3)C(=O)c3ccccc3Cl)s2)cc1C. The molecule has 1 aliphatic carbocycles. The third-order valence-corrected chi connectivity index (χ3v) is 6.51. The fourth-order valence-corrected chi connectivity index (χ4v) is 4.53. The van der Waals surface area contributed by atoms with Crippen molar-refractivity contribution in [1.29, 1.82) is 0 Å². The molecule has 1 fully saturated rings. The highest BCUT2D eigenvalue weighted by atomic mass is 35.5. The predicted octanol–water partition coefficient (Wildman–Crippen LogP) is 6.10. The van der Waals surface area contributed by atoms with Crippen molar-refractivity contribution >= 4 is 34.0 Å². The van der Waals surface area contributed by atoms with Gasteiger partial charge < -0.3 is 4.74 Å². The second-order valence-electron chi connectivity index (χ2n) is 7.77. The standard InChI is InChI=1S/C24H24ClN3O2S/c1-4-11-30-21-15(2)12-18(13-16(21)3)22-26-27-24(31-22)28(14-17-9-10-17)23(29)19-7-5-6-8-20(19)25/h4-8,12-13,17H,1,9-11,14H2,2-3H3. The molecule has 1 aromatic heterocycles. The summed E-state index contributed by atoms with van der Waals surface area (Å²) in [5.74, 6) is 1.22. The number of aromatic nitrogens is 2. The molecule has 0 radical (unpaired) electrons. The van der Waals surface area contributed by atoms with Gasteiger partial charge >= 0.3 is 0 Å². The molecule has 1 saturated carbocycles. The molecule has 1 heterocycles. The van der Waals surface area contributed by atoms with E-state index in [4.69, 9.17) is 16.3 Å². The van der Waals surface area contributed by atoms with Crippen molar-refractivity contribution in [2.24, 2.45) is 5.92 Å². The summed E-state index contributed by atoms with van der Waals surface area (Å²) in [5.41, 5.74) is 3.49. The zero-order valence-corrected chi connectivity index (χ0v) is 19.2. The van der Waals surface area contributed by atoms with Gasteiger partial charge in [0.25, 0.3) is 5.91 Å². The van der Waals surface area contributed by atoms with Gasteiger partial charge in [-0.3, -0.25) is 9.69 Å². The van der Waals surface area contributed by atoms with Crippen LogP contribution in [0.15, 0.2) is 49.1 Å². The summed E-state index contributed by atoms with van der Waals surface area (Å²) in [7, 11) is 0. The minimum atomic E-state index is -0.138. The molecule has 1 aliphatic rings. The van der Waals surface area contributed by atoms with Gasteiger partial charge in [0.05, 0.1) is 10.6 Å². The number of hydrogen-bond donors (Lipinski definition) is 0. The van der Waals surface area contributed by atoms with Crippen molar-refractivity contribution < 1.29 is 9.53 Å². The summed E-state index contributed by atoms with van der Waals surface area (Å²) in [6.07, 6.45) is 3.99. The first-order valence-corrected chi connectivity index (χ1v) is 11.4. The second kappa shape index (κ2) is 9.20. The van der Waals surface area contributed by atoms with E-state index in [1.54, 1.807) is 23.1 Å². The topological polar surface area (TPSA) is 55.3 Å². The van der Waals surface area contributed by atoms with Gasteiger partial charge in [0.2, 0.25) is 5.13 Å². The van der Waals surface area contributed by atoms with Gasteiger partial charge in [0, 0.05) is 12.1 Å². The highest BCUT2D eigenvalue weighted by molar-refractivity contribution is 7.18. The minimum absolute atomic E-state index is 0.138. The van der Waals surface area contributed by atoms with Crippen LogP contribution < -0.4 is 9.64 Å². The van der Waals surface area contributed by atoms with E-state index in [-0.39, 0.29) is 5.91 Å². The molecular formula is C24H24ClN3O2S. The average molecular weight is 454 g/mol. The highest BCUT2D eigenvalue weighted by Crippen LogP contribution is 2.37. The third-order valence-electron chi connectivity index (χ3n) is 5.19. The monoisotopic (exact) mass is 453 g/mol. The Morgan fingerprint density at radius 1 is 1.26 bits per heavy atom. The fraction of sp³-hybridized carbons (Fsp3) is 0.292. The predicted molar refractivity (Wildman–Crippen MR) is 126 cm³/mol. The summed E-state index contributed by atoms with van der Waals surface area (Å²) in [5, 5.41) is 10.6. The zero-order chi connectivity index (χ0) is 22.0. The molecule has 31 heavy (non-hydrogen) atoms. The molecule has 1 amide bonds. The van der Waals surface area contributed by atoms with Crippen molar-refractivity contribution in [3.8, 4) is 16.3 Å². The van der Waals surface area contributed by atoms with Gasteiger partial charge in [0.1, 0.15) is 17.4 Å². The van der Waals surface area contributed by atoms with Crippen LogP contribution in [0.3, 0.4) is 0 Å². The summed E-state index contributed by atoms with van der Waals surface area (Å²) < 4.78 is 5.78. The molecule has 0 atom stereocenters. The molecule has 3 aromatic rings. The molecule has 7 heteroatoms. The minimum Gasteiger partial charge on any atom is -0.489 e. The molecule has 2 aromatic carbocycles. The average Bonchev–Trinajstić information content (AvgIpc) is 3.44. The number of carbonyl (C=O) groups is 1. The number of amides is 1. The Morgan fingerprint density at radius 2 is 1.97 bits per heavy atom. The lowest BCUT2D eigenvalue weighted by molar-refractivity contribution is 0.0985. The molecule has 5 nitrogen and oxygen atoms in total. The van der Waals surface area contributed by atoms with Crippen LogP contribution >= 0.6 is 22.9 Å². The number of halogens is 1. The summed E-state index contributed by atoms with van der Waals surface area (Å²) >= 11 is 7.71. The van der Waals surface area contributed by atoms with Crippen molar-refractivity contribution in [1.82, 2.24) is 10.2 Å². The van der Waals surface area contributed by atoms with Gasteiger partial charge in [-0.05, 0) is 68.0 Å². The second-order valence-corrected chi connectivity index (χ2v) is 9.13. The first-order chi connectivity index (χ1) is 15.0. The van der Waals surface area contributed by atoms with Crippen LogP contribution in [-0.2, 0) is 0 Å². The maximum atomic E-state index is 13.3. The lowest BCUT2D eigenvalue weighted by atomic mass is 10.1. The Morgan fingerprint density at radius 3 is 2.61 bits per heavy atom. The maximum absolute atomic E-state index is 13.3. The van der Waals surface area contributed by atoms with E-state index in [0.717, 1.165) is 40.3 Å². The van der Waals surface area contributed by atoms with Gasteiger partial charge in [-0.15, -0.1) is 10.2 Å². The molecular weight excluding hydrogens is 430 g/mol. The lowest BCUT2D eigenvalue weighted by Gasteiger charge is -2.19. The smallest absolute Gasteiger partial charge is 0.261 e. The Balaban J connectivity index is 1.64. The van der Waals surface area contributed by atoms with E-state index in [1.807, 2.05) is 38.1 Å². The number of ether oxygens (including phenoxy) is 1. The number of benzene rings is 2. The van der Waals surface area contributed by atoms with E-state index >= 15 is 0 Å². The van der Waals surface area contributed by atoms with Gasteiger partial charge in [-0.25, -0.2) is 0 Å². The number of nitrogens with zero attached hydrogens (tertiary/aromatic N) is 3. The summed E-state index contributed by atoms with van der Waals surface area (Å²) in [6, 6.07) is 11.2. The lowest BCUT2D eigenvalue weighted by Crippen LogP contribution is -2.33. The first kappa shape index (κ1) is 21.5. The molecule has 0 unspecified atom stereocenters.